The third-order valence-corrected chi connectivity index (χ3v) is 1.65. The Labute approximate surface area is 74.4 Å². The third-order valence-electron chi connectivity index (χ3n) is 1.65. The molecule has 2 N–H and O–H groups in total. The molecule has 0 aromatic heterocycles. The van der Waals surface area contributed by atoms with Gasteiger partial charge in [-0.1, -0.05) is 6.07 Å². The molecule has 0 aliphatic heterocycles. The Kier molecular flexibility index (Phi) is 2.60. The molecule has 0 heterocycles. The number of hydrogen-bond donors (Lipinski definition) is 1. The van der Waals surface area contributed by atoms with Crippen LogP contribution >= 0.6 is 0 Å². The Hall–Kier alpha value is -1.45. The van der Waals surface area contributed by atoms with E-state index in [9.17, 15) is 13.6 Å². The molecule has 0 aliphatic carbocycles. The second kappa shape index (κ2) is 3.51. The van der Waals surface area contributed by atoms with Crippen molar-refractivity contribution in [1.29, 1.82) is 0 Å². The zero-order valence-electron chi connectivity index (χ0n) is 7.10. The van der Waals surface area contributed by atoms with Crippen molar-refractivity contribution in [2.75, 3.05) is 5.73 Å². The topological polar surface area (TPSA) is 43.1 Å². The van der Waals surface area contributed by atoms with Crippen LogP contribution in [0.15, 0.2) is 12.1 Å². The maximum Gasteiger partial charge on any atom is 0.152 e. The molecule has 70 valence electrons. The molecule has 13 heavy (non-hydrogen) atoms. The van der Waals surface area contributed by atoms with Crippen LogP contribution in [0.25, 0.3) is 0 Å². The number of nitrogen functional groups attached to an aromatic ring is 1. The van der Waals surface area contributed by atoms with Gasteiger partial charge in [-0.2, -0.15) is 0 Å². The number of anilines is 1. The monoisotopic (exact) mass is 185 g/mol. The minimum absolute atomic E-state index is 0.0592. The van der Waals surface area contributed by atoms with Crippen LogP contribution in [0, 0.1) is 11.6 Å². The normalized spacial score (nSPS) is 10.1. The number of ketones is 1. The van der Waals surface area contributed by atoms with Crippen LogP contribution < -0.4 is 5.73 Å². The molecule has 0 spiro atoms. The summed E-state index contributed by atoms with van der Waals surface area (Å²) < 4.78 is 25.8. The summed E-state index contributed by atoms with van der Waals surface area (Å²) in [7, 11) is 0. The first-order valence-corrected chi connectivity index (χ1v) is 3.74. The highest BCUT2D eigenvalue weighted by molar-refractivity contribution is 5.78. The zero-order chi connectivity index (χ0) is 10.0. The van der Waals surface area contributed by atoms with Gasteiger partial charge in [0.05, 0.1) is 0 Å². The van der Waals surface area contributed by atoms with Crippen LogP contribution in [0.3, 0.4) is 0 Å². The van der Waals surface area contributed by atoms with Crippen molar-refractivity contribution in [3.05, 3.63) is 29.3 Å². The predicted molar refractivity (Wildman–Crippen MR) is 45.2 cm³/mol. The summed E-state index contributed by atoms with van der Waals surface area (Å²) in [6.45, 7) is 1.33. The van der Waals surface area contributed by atoms with E-state index < -0.39 is 17.3 Å². The largest absolute Gasteiger partial charge is 0.394 e. The number of carbonyl (C=O) groups excluding carboxylic acids is 1. The Bertz CT molecular complexity index is 350. The Morgan fingerprint density at radius 2 is 2.08 bits per heavy atom. The van der Waals surface area contributed by atoms with Gasteiger partial charge in [-0.15, -0.1) is 0 Å². The van der Waals surface area contributed by atoms with Crippen LogP contribution in [0.1, 0.15) is 12.5 Å². The van der Waals surface area contributed by atoms with Crippen molar-refractivity contribution in [3.8, 4) is 0 Å². The van der Waals surface area contributed by atoms with E-state index in [0.717, 1.165) is 6.07 Å². The van der Waals surface area contributed by atoms with Crippen molar-refractivity contribution in [1.82, 2.24) is 0 Å². The quantitative estimate of drug-likeness (QED) is 0.712. The molecule has 1 aromatic carbocycles. The first-order valence-electron chi connectivity index (χ1n) is 3.74. The van der Waals surface area contributed by atoms with Gasteiger partial charge in [0.2, 0.25) is 0 Å². The molecule has 2 nitrogen and oxygen atoms in total. The minimum atomic E-state index is -0.838. The number of rotatable bonds is 2. The molecule has 0 saturated carbocycles. The molecule has 0 radical (unpaired) electrons. The summed E-state index contributed by atoms with van der Waals surface area (Å²) in [6, 6.07) is 2.28. The van der Waals surface area contributed by atoms with Gasteiger partial charge < -0.3 is 5.73 Å². The van der Waals surface area contributed by atoms with Crippen molar-refractivity contribution in [2.45, 2.75) is 13.3 Å². The van der Waals surface area contributed by atoms with Crippen LogP contribution in [-0.4, -0.2) is 5.78 Å². The minimum Gasteiger partial charge on any atom is -0.394 e. The average molecular weight is 185 g/mol. The molecule has 4 heteroatoms. The maximum absolute atomic E-state index is 13.1. The highest BCUT2D eigenvalue weighted by Gasteiger charge is 2.11. The number of Topliss-reactive ketones (excluding diaryl/α,β-unsaturated/α-hetero) is 1. The number of halogens is 2. The van der Waals surface area contributed by atoms with Crippen molar-refractivity contribution in [3.63, 3.8) is 0 Å². The summed E-state index contributed by atoms with van der Waals surface area (Å²) in [6.07, 6.45) is -0.0592. The van der Waals surface area contributed by atoms with E-state index in [1.807, 2.05) is 0 Å². The summed E-state index contributed by atoms with van der Waals surface area (Å²) in [5.74, 6) is -1.83. The first kappa shape index (κ1) is 9.64. The summed E-state index contributed by atoms with van der Waals surface area (Å²) in [5, 5.41) is 0. The van der Waals surface area contributed by atoms with Crippen LogP contribution in [0.2, 0.25) is 0 Å². The fourth-order valence-corrected chi connectivity index (χ4v) is 1.02. The summed E-state index contributed by atoms with van der Waals surface area (Å²) >= 11 is 0. The summed E-state index contributed by atoms with van der Waals surface area (Å²) in [4.78, 5) is 10.7. The number of hydrogen-bond acceptors (Lipinski definition) is 2. The van der Waals surface area contributed by atoms with E-state index in [0.29, 0.717) is 0 Å². The molecule has 0 fully saturated rings. The molecule has 1 rings (SSSR count). The fourth-order valence-electron chi connectivity index (χ4n) is 1.02. The molecular formula is C9H9F2NO. The van der Waals surface area contributed by atoms with E-state index in [-0.39, 0.29) is 17.8 Å². The molecule has 0 unspecified atom stereocenters. The molecular weight excluding hydrogens is 176 g/mol. The zero-order valence-corrected chi connectivity index (χ0v) is 7.10. The lowest BCUT2D eigenvalue weighted by Gasteiger charge is -2.03. The highest BCUT2D eigenvalue weighted by atomic mass is 19.1. The van der Waals surface area contributed by atoms with Crippen molar-refractivity contribution >= 4 is 11.5 Å². The van der Waals surface area contributed by atoms with Gasteiger partial charge in [-0.25, -0.2) is 8.78 Å². The van der Waals surface area contributed by atoms with E-state index in [4.69, 9.17) is 5.73 Å². The first-order chi connectivity index (χ1) is 6.02. The van der Waals surface area contributed by atoms with E-state index >= 15 is 0 Å². The molecule has 0 atom stereocenters. The molecule has 1 aromatic rings. The molecule has 0 amide bonds. The molecule has 0 saturated heterocycles. The SMILES string of the molecule is CC(=O)Cc1ccc(F)c(N)c1F. The lowest BCUT2D eigenvalue weighted by atomic mass is 10.1. The number of carbonyl (C=O) groups is 1. The molecule has 0 bridgehead atoms. The second-order valence-corrected chi connectivity index (χ2v) is 2.81. The highest BCUT2D eigenvalue weighted by Crippen LogP contribution is 2.19. The van der Waals surface area contributed by atoms with Crippen LogP contribution in [-0.2, 0) is 11.2 Å². The van der Waals surface area contributed by atoms with Gasteiger partial charge in [0.25, 0.3) is 0 Å². The predicted octanol–water partition coefficient (Wildman–Crippen LogP) is 1.68. The van der Waals surface area contributed by atoms with Gasteiger partial charge in [-0.05, 0) is 18.6 Å². The number of benzene rings is 1. The van der Waals surface area contributed by atoms with Crippen LogP contribution in [0.5, 0.6) is 0 Å². The smallest absolute Gasteiger partial charge is 0.152 e. The van der Waals surface area contributed by atoms with Crippen LogP contribution in [0.4, 0.5) is 14.5 Å². The van der Waals surface area contributed by atoms with Gasteiger partial charge >= 0.3 is 0 Å². The Balaban J connectivity index is 3.10. The Morgan fingerprint density at radius 3 is 2.62 bits per heavy atom. The van der Waals surface area contributed by atoms with Gasteiger partial charge in [0.15, 0.2) is 5.82 Å². The number of nitrogens with two attached hydrogens (primary N) is 1. The molecule has 0 aliphatic rings. The van der Waals surface area contributed by atoms with E-state index in [2.05, 4.69) is 0 Å². The van der Waals surface area contributed by atoms with E-state index in [1.165, 1.54) is 13.0 Å². The standard InChI is InChI=1S/C9H9F2NO/c1-5(13)4-6-2-3-7(10)9(12)8(6)11/h2-3H,4,12H2,1H3. The van der Waals surface area contributed by atoms with Crippen molar-refractivity contribution < 1.29 is 13.6 Å². The summed E-state index contributed by atoms with van der Waals surface area (Å²) in [5.41, 5.74) is 4.70. The second-order valence-electron chi connectivity index (χ2n) is 2.81. The van der Waals surface area contributed by atoms with Gasteiger partial charge in [0, 0.05) is 6.42 Å². The van der Waals surface area contributed by atoms with Crippen molar-refractivity contribution in [2.24, 2.45) is 0 Å². The van der Waals surface area contributed by atoms with Gasteiger partial charge in [-0.3, -0.25) is 4.79 Å². The lowest BCUT2D eigenvalue weighted by molar-refractivity contribution is -0.116. The maximum atomic E-state index is 13.1. The van der Waals surface area contributed by atoms with E-state index in [1.54, 1.807) is 0 Å². The fraction of sp³-hybridized carbons (Fsp3) is 0.222. The Morgan fingerprint density at radius 1 is 1.46 bits per heavy atom. The van der Waals surface area contributed by atoms with Gasteiger partial charge in [0.1, 0.15) is 17.3 Å². The lowest BCUT2D eigenvalue weighted by Crippen LogP contribution is -2.04. The average Bonchev–Trinajstić information content (AvgIpc) is 2.06. The third kappa shape index (κ3) is 2.02.